The van der Waals surface area contributed by atoms with Gasteiger partial charge in [-0.2, -0.15) is 0 Å². The molecule has 3 N–H and O–H groups in total. The highest BCUT2D eigenvalue weighted by atomic mass is 32.2. The molecule has 0 bridgehead atoms. The maximum absolute atomic E-state index is 12.6. The van der Waals surface area contributed by atoms with Crippen molar-refractivity contribution in [3.8, 4) is 0 Å². The number of aryl methyl sites for hydroxylation is 2. The van der Waals surface area contributed by atoms with Crippen molar-refractivity contribution in [2.75, 3.05) is 0 Å². The molecule has 8 heteroatoms. The van der Waals surface area contributed by atoms with Gasteiger partial charge < -0.3 is 5.73 Å². The first kappa shape index (κ1) is 16.9. The molecule has 7 nitrogen and oxygen atoms in total. The summed E-state index contributed by atoms with van der Waals surface area (Å²) in [6.07, 6.45) is 3.02. The van der Waals surface area contributed by atoms with E-state index in [9.17, 15) is 18.5 Å². The summed E-state index contributed by atoms with van der Waals surface area (Å²) in [5.41, 5.74) is 6.49. The molecule has 2 rings (SSSR count). The van der Waals surface area contributed by atoms with Crippen molar-refractivity contribution in [2.45, 2.75) is 56.5 Å². The number of non-ortho nitro benzene ring substituents is 1. The molecule has 1 aromatic rings. The summed E-state index contributed by atoms with van der Waals surface area (Å²) >= 11 is 0. The van der Waals surface area contributed by atoms with Gasteiger partial charge in [-0.1, -0.05) is 0 Å². The lowest BCUT2D eigenvalue weighted by molar-refractivity contribution is -0.385. The first-order valence-electron chi connectivity index (χ1n) is 7.24. The number of nitro benzene ring substituents is 1. The van der Waals surface area contributed by atoms with Gasteiger partial charge in [0, 0.05) is 24.2 Å². The molecule has 0 heterocycles. The summed E-state index contributed by atoms with van der Waals surface area (Å²) in [7, 11) is -3.69. The molecular weight excluding hydrogens is 306 g/mol. The predicted molar refractivity (Wildman–Crippen MR) is 83.1 cm³/mol. The number of nitro groups is 1. The first-order valence-corrected chi connectivity index (χ1v) is 8.72. The molecule has 1 aromatic carbocycles. The quantitative estimate of drug-likeness (QED) is 0.646. The second kappa shape index (κ2) is 6.31. The number of hydrogen-bond donors (Lipinski definition) is 2. The van der Waals surface area contributed by atoms with E-state index in [1.54, 1.807) is 13.8 Å². The highest BCUT2D eigenvalue weighted by molar-refractivity contribution is 7.89. The van der Waals surface area contributed by atoms with Gasteiger partial charge >= 0.3 is 0 Å². The van der Waals surface area contributed by atoms with E-state index >= 15 is 0 Å². The summed E-state index contributed by atoms with van der Waals surface area (Å²) in [6, 6.07) is 2.60. The van der Waals surface area contributed by atoms with Crippen molar-refractivity contribution < 1.29 is 13.3 Å². The number of benzene rings is 1. The number of hydrogen-bond acceptors (Lipinski definition) is 5. The van der Waals surface area contributed by atoms with Crippen LogP contribution < -0.4 is 10.5 Å². The van der Waals surface area contributed by atoms with Crippen molar-refractivity contribution in [2.24, 2.45) is 5.73 Å². The third kappa shape index (κ3) is 3.63. The van der Waals surface area contributed by atoms with Gasteiger partial charge in [-0.05, 0) is 50.7 Å². The van der Waals surface area contributed by atoms with E-state index in [1.165, 1.54) is 12.1 Å². The maximum atomic E-state index is 12.6. The zero-order valence-corrected chi connectivity index (χ0v) is 13.5. The minimum absolute atomic E-state index is 0.0995. The SMILES string of the molecule is Cc1cc([N+](=O)[O-])cc(C)c1S(=O)(=O)NC1CCC(N)CC1. The van der Waals surface area contributed by atoms with Gasteiger partial charge in [-0.3, -0.25) is 10.1 Å². The molecule has 0 radical (unpaired) electrons. The van der Waals surface area contributed by atoms with Crippen LogP contribution in [-0.4, -0.2) is 25.4 Å². The summed E-state index contributed by atoms with van der Waals surface area (Å²) in [5, 5.41) is 10.8. The molecule has 1 aliphatic carbocycles. The maximum Gasteiger partial charge on any atom is 0.270 e. The van der Waals surface area contributed by atoms with Crippen LogP contribution in [0.15, 0.2) is 17.0 Å². The van der Waals surface area contributed by atoms with E-state index in [4.69, 9.17) is 5.73 Å². The fraction of sp³-hybridized carbons (Fsp3) is 0.571. The van der Waals surface area contributed by atoms with Gasteiger partial charge in [0.05, 0.1) is 9.82 Å². The zero-order valence-electron chi connectivity index (χ0n) is 12.7. The Balaban J connectivity index is 2.28. The van der Waals surface area contributed by atoms with Crippen molar-refractivity contribution in [1.82, 2.24) is 4.72 Å². The Labute approximate surface area is 130 Å². The van der Waals surface area contributed by atoms with E-state index in [-0.39, 0.29) is 22.7 Å². The Morgan fingerprint density at radius 3 is 2.14 bits per heavy atom. The van der Waals surface area contributed by atoms with Crippen molar-refractivity contribution in [3.05, 3.63) is 33.4 Å². The summed E-state index contributed by atoms with van der Waals surface area (Å²) in [6.45, 7) is 3.15. The molecule has 0 atom stereocenters. The normalized spacial score (nSPS) is 22.5. The third-order valence-electron chi connectivity index (χ3n) is 4.02. The molecule has 0 unspecified atom stereocenters. The highest BCUT2D eigenvalue weighted by Gasteiger charge is 2.27. The minimum Gasteiger partial charge on any atom is -0.328 e. The molecule has 0 amide bonds. The van der Waals surface area contributed by atoms with E-state index in [0.29, 0.717) is 24.0 Å². The summed E-state index contributed by atoms with van der Waals surface area (Å²) in [5.74, 6) is 0. The molecular formula is C14H21N3O4S. The molecule has 122 valence electrons. The Kier molecular flexibility index (Phi) is 4.84. The van der Waals surface area contributed by atoms with Crippen LogP contribution in [0.4, 0.5) is 5.69 Å². The lowest BCUT2D eigenvalue weighted by Crippen LogP contribution is -2.40. The standard InChI is InChI=1S/C14H21N3O4S/c1-9-7-13(17(18)19)8-10(2)14(9)22(20,21)16-12-5-3-11(15)4-6-12/h7-8,11-12,16H,3-6,15H2,1-2H3. The van der Waals surface area contributed by atoms with Gasteiger partial charge in [0.2, 0.25) is 10.0 Å². The predicted octanol–water partition coefficient (Wildman–Crippen LogP) is 1.76. The zero-order chi connectivity index (χ0) is 16.5. The van der Waals surface area contributed by atoms with Gasteiger partial charge in [0.15, 0.2) is 0 Å². The highest BCUT2D eigenvalue weighted by Crippen LogP contribution is 2.27. The van der Waals surface area contributed by atoms with E-state index in [0.717, 1.165) is 12.8 Å². The van der Waals surface area contributed by atoms with Crippen LogP contribution in [0, 0.1) is 24.0 Å². The van der Waals surface area contributed by atoms with Crippen LogP contribution in [0.2, 0.25) is 0 Å². The first-order chi connectivity index (χ1) is 10.2. The van der Waals surface area contributed by atoms with Gasteiger partial charge in [-0.25, -0.2) is 13.1 Å². The molecule has 0 aliphatic heterocycles. The van der Waals surface area contributed by atoms with Gasteiger partial charge in [0.25, 0.3) is 5.69 Å². The van der Waals surface area contributed by atoms with E-state index in [2.05, 4.69) is 4.72 Å². The third-order valence-corrected chi connectivity index (χ3v) is 5.84. The van der Waals surface area contributed by atoms with Crippen LogP contribution >= 0.6 is 0 Å². The number of nitrogens with zero attached hydrogens (tertiary/aromatic N) is 1. The smallest absolute Gasteiger partial charge is 0.270 e. The van der Waals surface area contributed by atoms with Crippen LogP contribution in [0.25, 0.3) is 0 Å². The van der Waals surface area contributed by atoms with Gasteiger partial charge in [-0.15, -0.1) is 0 Å². The minimum atomic E-state index is -3.69. The molecule has 0 saturated heterocycles. The molecule has 0 aromatic heterocycles. The fourth-order valence-electron chi connectivity index (χ4n) is 2.97. The van der Waals surface area contributed by atoms with Crippen LogP contribution in [-0.2, 0) is 10.0 Å². The second-order valence-electron chi connectivity index (χ2n) is 5.90. The van der Waals surface area contributed by atoms with Crippen molar-refractivity contribution in [1.29, 1.82) is 0 Å². The van der Waals surface area contributed by atoms with Crippen molar-refractivity contribution in [3.63, 3.8) is 0 Å². The largest absolute Gasteiger partial charge is 0.328 e. The Morgan fingerprint density at radius 1 is 1.18 bits per heavy atom. The number of nitrogens with one attached hydrogen (secondary N) is 1. The monoisotopic (exact) mass is 327 g/mol. The fourth-order valence-corrected chi connectivity index (χ4v) is 4.73. The lowest BCUT2D eigenvalue weighted by atomic mass is 9.93. The molecule has 1 aliphatic rings. The topological polar surface area (TPSA) is 115 Å². The summed E-state index contributed by atoms with van der Waals surface area (Å²) < 4.78 is 27.9. The van der Waals surface area contributed by atoms with E-state index in [1.807, 2.05) is 0 Å². The van der Waals surface area contributed by atoms with Crippen LogP contribution in [0.3, 0.4) is 0 Å². The van der Waals surface area contributed by atoms with Gasteiger partial charge in [0.1, 0.15) is 0 Å². The van der Waals surface area contributed by atoms with E-state index < -0.39 is 14.9 Å². The molecule has 22 heavy (non-hydrogen) atoms. The molecule has 1 saturated carbocycles. The average Bonchev–Trinajstić information content (AvgIpc) is 2.39. The second-order valence-corrected chi connectivity index (χ2v) is 7.55. The Morgan fingerprint density at radius 2 is 1.68 bits per heavy atom. The molecule has 0 spiro atoms. The Hall–Kier alpha value is -1.51. The van der Waals surface area contributed by atoms with Crippen molar-refractivity contribution >= 4 is 15.7 Å². The Bertz CT molecular complexity index is 656. The van der Waals surface area contributed by atoms with Crippen LogP contribution in [0.5, 0.6) is 0 Å². The van der Waals surface area contributed by atoms with Crippen LogP contribution in [0.1, 0.15) is 36.8 Å². The molecule has 1 fully saturated rings. The number of nitrogens with two attached hydrogens (primary N) is 1. The average molecular weight is 327 g/mol. The number of sulfonamides is 1. The summed E-state index contributed by atoms with van der Waals surface area (Å²) in [4.78, 5) is 10.5. The lowest BCUT2D eigenvalue weighted by Gasteiger charge is -2.27. The number of rotatable bonds is 4.